The van der Waals surface area contributed by atoms with E-state index < -0.39 is 5.54 Å². The van der Waals surface area contributed by atoms with Crippen LogP contribution in [-0.4, -0.2) is 34.3 Å². The van der Waals surface area contributed by atoms with Crippen molar-refractivity contribution in [2.75, 3.05) is 11.4 Å². The van der Waals surface area contributed by atoms with Crippen LogP contribution in [0.15, 0.2) is 71.3 Å². The second kappa shape index (κ2) is 7.34. The van der Waals surface area contributed by atoms with Gasteiger partial charge in [0, 0.05) is 23.0 Å². The van der Waals surface area contributed by atoms with Crippen molar-refractivity contribution in [1.29, 1.82) is 0 Å². The summed E-state index contributed by atoms with van der Waals surface area (Å²) >= 11 is 0. The van der Waals surface area contributed by atoms with Crippen molar-refractivity contribution in [2.45, 2.75) is 25.4 Å². The van der Waals surface area contributed by atoms with Gasteiger partial charge in [0.25, 0.3) is 11.8 Å². The SMILES string of the molecule is C[C@]12C(=O)N(c3ccc(C(=O)NCc4ccco4)cc3)C(=O)N1CCc1c2[nH]c2ccccc12. The zero-order valence-electron chi connectivity index (χ0n) is 18.5. The molecule has 0 unspecified atom stereocenters. The second-order valence-electron chi connectivity index (χ2n) is 8.73. The number of aromatic nitrogens is 1. The molecule has 1 fully saturated rings. The van der Waals surface area contributed by atoms with Gasteiger partial charge in [-0.1, -0.05) is 18.2 Å². The number of hydrogen-bond acceptors (Lipinski definition) is 4. The van der Waals surface area contributed by atoms with Crippen LogP contribution in [0.3, 0.4) is 0 Å². The average molecular weight is 454 g/mol. The van der Waals surface area contributed by atoms with Crippen LogP contribution in [-0.2, 0) is 23.3 Å². The Balaban J connectivity index is 1.29. The lowest BCUT2D eigenvalue weighted by molar-refractivity contribution is -0.125. The molecule has 34 heavy (non-hydrogen) atoms. The van der Waals surface area contributed by atoms with E-state index in [0.717, 1.165) is 22.2 Å². The minimum atomic E-state index is -1.11. The van der Waals surface area contributed by atoms with Gasteiger partial charge in [-0.3, -0.25) is 9.59 Å². The fourth-order valence-corrected chi connectivity index (χ4v) is 5.06. The van der Waals surface area contributed by atoms with E-state index in [9.17, 15) is 14.4 Å². The van der Waals surface area contributed by atoms with Crippen molar-refractivity contribution in [2.24, 2.45) is 0 Å². The standard InChI is InChI=1S/C26H22N4O4/c1-26-22-20(19-6-2-3-7-21(19)28-22)12-13-29(26)25(33)30(24(26)32)17-10-8-16(9-11-17)23(31)27-15-18-5-4-14-34-18/h2-11,14,28H,12-13,15H2,1H3,(H,27,31)/t26-/m0/s1. The normalized spacial score (nSPS) is 19.4. The van der Waals surface area contributed by atoms with Gasteiger partial charge in [-0.25, -0.2) is 9.69 Å². The number of rotatable bonds is 4. The number of para-hydroxylation sites is 1. The van der Waals surface area contributed by atoms with Crippen LogP contribution in [0, 0.1) is 0 Å². The van der Waals surface area contributed by atoms with Crippen molar-refractivity contribution in [3.05, 3.63) is 89.5 Å². The van der Waals surface area contributed by atoms with Crippen LogP contribution < -0.4 is 10.2 Å². The molecule has 2 aromatic carbocycles. The molecule has 8 heteroatoms. The average Bonchev–Trinajstić information content (AvgIpc) is 3.55. The molecule has 0 spiro atoms. The number of furan rings is 1. The van der Waals surface area contributed by atoms with E-state index in [4.69, 9.17) is 4.42 Å². The predicted molar refractivity (Wildman–Crippen MR) is 125 cm³/mol. The molecule has 2 N–H and O–H groups in total. The summed E-state index contributed by atoms with van der Waals surface area (Å²) in [6, 6.07) is 17.6. The number of aromatic amines is 1. The Hall–Kier alpha value is -4.33. The largest absolute Gasteiger partial charge is 0.467 e. The summed E-state index contributed by atoms with van der Waals surface area (Å²) in [6.45, 7) is 2.54. The number of urea groups is 1. The lowest BCUT2D eigenvalue weighted by Crippen LogP contribution is -2.49. The Bertz CT molecular complexity index is 1440. The number of hydrogen-bond donors (Lipinski definition) is 2. The summed E-state index contributed by atoms with van der Waals surface area (Å²) in [4.78, 5) is 45.8. The lowest BCUT2D eigenvalue weighted by atomic mass is 9.87. The van der Waals surface area contributed by atoms with Gasteiger partial charge in [0.2, 0.25) is 0 Å². The smallest absolute Gasteiger partial charge is 0.332 e. The van der Waals surface area contributed by atoms with Crippen molar-refractivity contribution < 1.29 is 18.8 Å². The number of nitrogens with one attached hydrogen (secondary N) is 2. The van der Waals surface area contributed by atoms with Gasteiger partial charge in [-0.05, 0) is 61.4 Å². The quantitative estimate of drug-likeness (QED) is 0.457. The summed E-state index contributed by atoms with van der Waals surface area (Å²) in [5.41, 5.74) is 2.57. The minimum absolute atomic E-state index is 0.269. The number of H-pyrrole nitrogens is 1. The van der Waals surface area contributed by atoms with Gasteiger partial charge in [0.15, 0.2) is 5.54 Å². The van der Waals surface area contributed by atoms with Crippen LogP contribution in [0.25, 0.3) is 10.9 Å². The Morgan fingerprint density at radius 1 is 1.09 bits per heavy atom. The van der Waals surface area contributed by atoms with E-state index in [-0.39, 0.29) is 24.4 Å². The van der Waals surface area contributed by atoms with Crippen LogP contribution in [0.2, 0.25) is 0 Å². The molecule has 0 radical (unpaired) electrons. The highest BCUT2D eigenvalue weighted by Crippen LogP contribution is 2.45. The van der Waals surface area contributed by atoms with Gasteiger partial charge < -0.3 is 19.6 Å². The van der Waals surface area contributed by atoms with Crippen molar-refractivity contribution in [3.8, 4) is 0 Å². The number of imide groups is 1. The Kier molecular flexibility index (Phi) is 4.38. The van der Waals surface area contributed by atoms with Gasteiger partial charge >= 0.3 is 6.03 Å². The highest BCUT2D eigenvalue weighted by Gasteiger charge is 2.58. The molecule has 1 atom stereocenters. The fraction of sp³-hybridized carbons (Fsp3) is 0.192. The molecule has 8 nitrogen and oxygen atoms in total. The van der Waals surface area contributed by atoms with E-state index in [1.165, 1.54) is 4.90 Å². The summed E-state index contributed by atoms with van der Waals surface area (Å²) < 4.78 is 5.23. The third-order valence-electron chi connectivity index (χ3n) is 6.86. The van der Waals surface area contributed by atoms with E-state index in [1.54, 1.807) is 54.5 Å². The van der Waals surface area contributed by atoms with Crippen molar-refractivity contribution in [1.82, 2.24) is 15.2 Å². The Morgan fingerprint density at radius 2 is 1.88 bits per heavy atom. The van der Waals surface area contributed by atoms with E-state index in [2.05, 4.69) is 10.3 Å². The number of nitrogens with zero attached hydrogens (tertiary/aromatic N) is 2. The summed E-state index contributed by atoms with van der Waals surface area (Å²) in [7, 11) is 0. The molecule has 4 amide bonds. The minimum Gasteiger partial charge on any atom is -0.467 e. The maximum Gasteiger partial charge on any atom is 0.332 e. The first-order valence-corrected chi connectivity index (χ1v) is 11.2. The number of anilines is 1. The molecule has 2 aliphatic rings. The maximum absolute atomic E-state index is 13.7. The summed E-state index contributed by atoms with van der Waals surface area (Å²) in [5, 5.41) is 3.87. The zero-order valence-corrected chi connectivity index (χ0v) is 18.5. The van der Waals surface area contributed by atoms with E-state index in [0.29, 0.717) is 30.0 Å². The molecule has 1 saturated heterocycles. The third-order valence-corrected chi connectivity index (χ3v) is 6.86. The number of carbonyl (C=O) groups excluding carboxylic acids is 3. The predicted octanol–water partition coefficient (Wildman–Crippen LogP) is 3.93. The first kappa shape index (κ1) is 20.3. The van der Waals surface area contributed by atoms with E-state index >= 15 is 0 Å². The molecule has 0 saturated carbocycles. The molecule has 170 valence electrons. The Labute approximate surface area is 195 Å². The highest BCUT2D eigenvalue weighted by molar-refractivity contribution is 6.23. The van der Waals surface area contributed by atoms with Crippen LogP contribution in [0.1, 0.15) is 34.3 Å². The number of benzene rings is 2. The molecular weight excluding hydrogens is 432 g/mol. The topological polar surface area (TPSA) is 98.7 Å². The lowest BCUT2D eigenvalue weighted by Gasteiger charge is -2.35. The Morgan fingerprint density at radius 3 is 2.65 bits per heavy atom. The van der Waals surface area contributed by atoms with Crippen molar-refractivity contribution in [3.63, 3.8) is 0 Å². The van der Waals surface area contributed by atoms with Gasteiger partial charge in [0.1, 0.15) is 5.76 Å². The van der Waals surface area contributed by atoms with Crippen molar-refractivity contribution >= 4 is 34.4 Å². The summed E-state index contributed by atoms with van der Waals surface area (Å²) in [5.74, 6) is 0.0774. The molecule has 0 aliphatic carbocycles. The number of amides is 4. The molecule has 2 aromatic heterocycles. The van der Waals surface area contributed by atoms with Crippen LogP contribution in [0.5, 0.6) is 0 Å². The van der Waals surface area contributed by atoms with Gasteiger partial charge in [-0.2, -0.15) is 0 Å². The molecule has 6 rings (SSSR count). The van der Waals surface area contributed by atoms with E-state index in [1.807, 2.05) is 24.3 Å². The third kappa shape index (κ3) is 2.81. The van der Waals surface area contributed by atoms with Crippen LogP contribution >= 0.6 is 0 Å². The van der Waals surface area contributed by atoms with Gasteiger partial charge in [-0.15, -0.1) is 0 Å². The summed E-state index contributed by atoms with van der Waals surface area (Å²) in [6.07, 6.45) is 2.23. The first-order valence-electron chi connectivity index (χ1n) is 11.2. The number of carbonyl (C=O) groups is 3. The van der Waals surface area contributed by atoms with Gasteiger partial charge in [0.05, 0.1) is 24.2 Å². The number of fused-ring (bicyclic) bond motifs is 5. The molecule has 4 heterocycles. The fourth-order valence-electron chi connectivity index (χ4n) is 5.06. The molecule has 2 aliphatic heterocycles. The maximum atomic E-state index is 13.7. The van der Waals surface area contributed by atoms with Crippen LogP contribution in [0.4, 0.5) is 10.5 Å². The second-order valence-corrected chi connectivity index (χ2v) is 8.73. The zero-order chi connectivity index (χ0) is 23.4. The first-order chi connectivity index (χ1) is 16.5. The molecule has 4 aromatic rings. The molecular formula is C26H22N4O4. The monoisotopic (exact) mass is 454 g/mol. The highest BCUT2D eigenvalue weighted by atomic mass is 16.3. The molecule has 0 bridgehead atoms.